The van der Waals surface area contributed by atoms with Crippen LogP contribution < -0.4 is 10.2 Å². The van der Waals surface area contributed by atoms with Gasteiger partial charge in [0.05, 0.1) is 12.7 Å². The van der Waals surface area contributed by atoms with Crippen LogP contribution in [-0.4, -0.2) is 66.6 Å². The number of piperazine rings is 1. The van der Waals surface area contributed by atoms with E-state index in [1.807, 2.05) is 4.90 Å². The lowest BCUT2D eigenvalue weighted by atomic mass is 10.2. The lowest BCUT2D eigenvalue weighted by Gasteiger charge is -2.34. The van der Waals surface area contributed by atoms with Gasteiger partial charge in [0.15, 0.2) is 0 Å². The summed E-state index contributed by atoms with van der Waals surface area (Å²) < 4.78 is 4.67. The van der Waals surface area contributed by atoms with Crippen molar-refractivity contribution in [2.75, 3.05) is 50.1 Å². The van der Waals surface area contributed by atoms with E-state index in [-0.39, 0.29) is 11.9 Å². The molecule has 1 aromatic carbocycles. The molecule has 27 heavy (non-hydrogen) atoms. The minimum atomic E-state index is -0.364. The Labute approximate surface area is 158 Å². The lowest BCUT2D eigenvalue weighted by molar-refractivity contribution is -0.131. The topological polar surface area (TPSA) is 87.7 Å². The van der Waals surface area contributed by atoms with E-state index in [0.717, 1.165) is 18.8 Å². The SMILES string of the molecule is COC(=O)c1ccc(NCCC(=O)N2CCN(c3ncccn3)CC2)cc1. The first-order valence-corrected chi connectivity index (χ1v) is 8.89. The van der Waals surface area contributed by atoms with Gasteiger partial charge in [-0.05, 0) is 30.3 Å². The van der Waals surface area contributed by atoms with E-state index in [4.69, 9.17) is 0 Å². The first-order valence-electron chi connectivity index (χ1n) is 8.89. The number of carbonyl (C=O) groups is 2. The number of anilines is 2. The van der Waals surface area contributed by atoms with Gasteiger partial charge in [0.25, 0.3) is 0 Å². The molecule has 1 saturated heterocycles. The fourth-order valence-corrected chi connectivity index (χ4v) is 2.92. The molecule has 3 rings (SSSR count). The summed E-state index contributed by atoms with van der Waals surface area (Å²) in [5.41, 5.74) is 1.36. The summed E-state index contributed by atoms with van der Waals surface area (Å²) in [5.74, 6) is 0.473. The molecule has 2 heterocycles. The molecule has 1 fully saturated rings. The van der Waals surface area contributed by atoms with Gasteiger partial charge in [-0.1, -0.05) is 0 Å². The quantitative estimate of drug-likeness (QED) is 0.771. The molecular formula is C19H23N5O3. The van der Waals surface area contributed by atoms with Crippen molar-refractivity contribution in [3.8, 4) is 0 Å². The molecule has 0 radical (unpaired) electrons. The Morgan fingerprint density at radius 1 is 1.07 bits per heavy atom. The van der Waals surface area contributed by atoms with Gasteiger partial charge in [0, 0.05) is 57.2 Å². The molecule has 1 aliphatic rings. The molecule has 0 unspecified atom stereocenters. The Bertz CT molecular complexity index is 759. The maximum atomic E-state index is 12.4. The number of nitrogens with one attached hydrogen (secondary N) is 1. The predicted octanol–water partition coefficient (Wildman–Crippen LogP) is 1.41. The van der Waals surface area contributed by atoms with Crippen LogP contribution in [0, 0.1) is 0 Å². The van der Waals surface area contributed by atoms with Crippen LogP contribution in [0.25, 0.3) is 0 Å². The molecule has 0 saturated carbocycles. The van der Waals surface area contributed by atoms with Crippen molar-refractivity contribution in [1.29, 1.82) is 0 Å². The van der Waals surface area contributed by atoms with Crippen LogP contribution in [-0.2, 0) is 9.53 Å². The fraction of sp³-hybridized carbons (Fsp3) is 0.368. The van der Waals surface area contributed by atoms with Gasteiger partial charge >= 0.3 is 5.97 Å². The number of ether oxygens (including phenoxy) is 1. The molecule has 0 aliphatic carbocycles. The fourth-order valence-electron chi connectivity index (χ4n) is 2.92. The Balaban J connectivity index is 1.40. The van der Waals surface area contributed by atoms with E-state index >= 15 is 0 Å². The van der Waals surface area contributed by atoms with Crippen LogP contribution in [0.15, 0.2) is 42.7 Å². The number of esters is 1. The van der Waals surface area contributed by atoms with E-state index < -0.39 is 0 Å². The second-order valence-electron chi connectivity index (χ2n) is 6.16. The minimum Gasteiger partial charge on any atom is -0.465 e. The Kier molecular flexibility index (Phi) is 6.19. The molecular weight excluding hydrogens is 346 g/mol. The number of hydrogen-bond acceptors (Lipinski definition) is 7. The zero-order chi connectivity index (χ0) is 19.1. The molecule has 8 heteroatoms. The van der Waals surface area contributed by atoms with Gasteiger partial charge in [-0.3, -0.25) is 4.79 Å². The summed E-state index contributed by atoms with van der Waals surface area (Å²) in [5, 5.41) is 3.20. The second kappa shape index (κ2) is 8.98. The van der Waals surface area contributed by atoms with Gasteiger partial charge in [-0.15, -0.1) is 0 Å². The molecule has 2 aromatic rings. The van der Waals surface area contributed by atoms with E-state index in [1.165, 1.54) is 7.11 Å². The summed E-state index contributed by atoms with van der Waals surface area (Å²) in [4.78, 5) is 36.3. The number of carbonyl (C=O) groups excluding carboxylic acids is 2. The maximum absolute atomic E-state index is 12.4. The first-order chi connectivity index (χ1) is 13.2. The van der Waals surface area contributed by atoms with Gasteiger partial charge in [-0.25, -0.2) is 14.8 Å². The van der Waals surface area contributed by atoms with Crippen LogP contribution in [0.5, 0.6) is 0 Å². The normalized spacial score (nSPS) is 14.0. The first kappa shape index (κ1) is 18.6. The van der Waals surface area contributed by atoms with Crippen LogP contribution in [0.4, 0.5) is 11.6 Å². The summed E-state index contributed by atoms with van der Waals surface area (Å²) in [6.07, 6.45) is 3.87. The number of rotatable bonds is 6. The lowest BCUT2D eigenvalue weighted by Crippen LogP contribution is -2.49. The minimum absolute atomic E-state index is 0.127. The third-order valence-corrected chi connectivity index (χ3v) is 4.44. The highest BCUT2D eigenvalue weighted by Crippen LogP contribution is 2.12. The molecule has 0 spiro atoms. The molecule has 1 aromatic heterocycles. The number of hydrogen-bond donors (Lipinski definition) is 1. The van der Waals surface area contributed by atoms with Gasteiger partial charge in [0.2, 0.25) is 11.9 Å². The van der Waals surface area contributed by atoms with Crippen molar-refractivity contribution in [2.45, 2.75) is 6.42 Å². The monoisotopic (exact) mass is 369 g/mol. The van der Waals surface area contributed by atoms with Crippen molar-refractivity contribution >= 4 is 23.5 Å². The summed E-state index contributed by atoms with van der Waals surface area (Å²) in [6, 6.07) is 8.78. The molecule has 1 amide bonds. The highest BCUT2D eigenvalue weighted by molar-refractivity contribution is 5.89. The Hall–Kier alpha value is -3.16. The standard InChI is InChI=1S/C19H23N5O3/c1-27-18(26)15-3-5-16(6-4-15)20-10-7-17(25)23-11-13-24(14-12-23)19-21-8-2-9-22-19/h2-6,8-9,20H,7,10-14H2,1H3. The molecule has 1 N–H and O–H groups in total. The van der Waals surface area contributed by atoms with Crippen molar-refractivity contribution in [2.24, 2.45) is 0 Å². The van der Waals surface area contributed by atoms with Crippen molar-refractivity contribution in [1.82, 2.24) is 14.9 Å². The largest absolute Gasteiger partial charge is 0.465 e. The predicted molar refractivity (Wildman–Crippen MR) is 102 cm³/mol. The van der Waals surface area contributed by atoms with Crippen molar-refractivity contribution in [3.05, 3.63) is 48.3 Å². The third-order valence-electron chi connectivity index (χ3n) is 4.44. The molecule has 8 nitrogen and oxygen atoms in total. The van der Waals surface area contributed by atoms with E-state index in [1.54, 1.807) is 42.7 Å². The number of aromatic nitrogens is 2. The number of amides is 1. The summed E-state index contributed by atoms with van der Waals surface area (Å²) >= 11 is 0. The zero-order valence-electron chi connectivity index (χ0n) is 15.3. The average molecular weight is 369 g/mol. The smallest absolute Gasteiger partial charge is 0.337 e. The highest BCUT2D eigenvalue weighted by atomic mass is 16.5. The zero-order valence-corrected chi connectivity index (χ0v) is 15.3. The van der Waals surface area contributed by atoms with Gasteiger partial charge < -0.3 is 19.9 Å². The van der Waals surface area contributed by atoms with Crippen LogP contribution >= 0.6 is 0 Å². The Morgan fingerprint density at radius 3 is 2.37 bits per heavy atom. The summed E-state index contributed by atoms with van der Waals surface area (Å²) in [6.45, 7) is 3.35. The highest BCUT2D eigenvalue weighted by Gasteiger charge is 2.21. The molecule has 1 aliphatic heterocycles. The third kappa shape index (κ3) is 4.93. The van der Waals surface area contributed by atoms with Gasteiger partial charge in [-0.2, -0.15) is 0 Å². The van der Waals surface area contributed by atoms with E-state index in [2.05, 4.69) is 24.9 Å². The maximum Gasteiger partial charge on any atom is 0.337 e. The van der Waals surface area contributed by atoms with E-state index in [9.17, 15) is 9.59 Å². The molecule has 142 valence electrons. The van der Waals surface area contributed by atoms with Crippen LogP contribution in [0.1, 0.15) is 16.8 Å². The number of benzene rings is 1. The van der Waals surface area contributed by atoms with Crippen LogP contribution in [0.3, 0.4) is 0 Å². The number of nitrogens with zero attached hydrogens (tertiary/aromatic N) is 4. The Morgan fingerprint density at radius 2 is 1.74 bits per heavy atom. The average Bonchev–Trinajstić information content (AvgIpc) is 2.74. The molecule has 0 bridgehead atoms. The molecule has 0 atom stereocenters. The van der Waals surface area contributed by atoms with Crippen LogP contribution in [0.2, 0.25) is 0 Å². The van der Waals surface area contributed by atoms with E-state index in [0.29, 0.717) is 37.6 Å². The van der Waals surface area contributed by atoms with Crippen molar-refractivity contribution in [3.63, 3.8) is 0 Å². The van der Waals surface area contributed by atoms with Crippen molar-refractivity contribution < 1.29 is 14.3 Å². The number of methoxy groups -OCH3 is 1. The van der Waals surface area contributed by atoms with Gasteiger partial charge in [0.1, 0.15) is 0 Å². The second-order valence-corrected chi connectivity index (χ2v) is 6.16. The summed E-state index contributed by atoms with van der Waals surface area (Å²) in [7, 11) is 1.35.